The standard InChI is InChI=1S/C24H27N7O2/c1-3-17-11-7-8-12-18(17)26-22-28-19(27-21(25)29-22)15-31-20(32)24(2,30-23(31)33)14-13-16-9-5-4-6-10-16/h4-12H,3,13-15H2,1-2H3,(H,30,33)(H3,25,26,27,28,29). The molecule has 0 radical (unpaired) electrons. The first kappa shape index (κ1) is 22.2. The van der Waals surface area contributed by atoms with Crippen LogP contribution in [-0.2, 0) is 24.2 Å². The van der Waals surface area contributed by atoms with Crippen LogP contribution >= 0.6 is 0 Å². The normalized spacial score (nSPS) is 17.8. The van der Waals surface area contributed by atoms with Crippen LogP contribution in [0.15, 0.2) is 54.6 Å². The maximum absolute atomic E-state index is 13.1. The van der Waals surface area contributed by atoms with Gasteiger partial charge in [-0.05, 0) is 43.4 Å². The fourth-order valence-electron chi connectivity index (χ4n) is 3.88. The number of aromatic nitrogens is 3. The van der Waals surface area contributed by atoms with Gasteiger partial charge in [0.15, 0.2) is 5.82 Å². The molecular weight excluding hydrogens is 418 g/mol. The van der Waals surface area contributed by atoms with Crippen LogP contribution < -0.4 is 16.4 Å². The number of aryl methyl sites for hydroxylation is 2. The van der Waals surface area contributed by atoms with E-state index < -0.39 is 11.6 Å². The van der Waals surface area contributed by atoms with E-state index in [9.17, 15) is 9.59 Å². The number of anilines is 3. The summed E-state index contributed by atoms with van der Waals surface area (Å²) in [6.07, 6.45) is 1.99. The maximum Gasteiger partial charge on any atom is 0.325 e. The highest BCUT2D eigenvalue weighted by Gasteiger charge is 2.47. The lowest BCUT2D eigenvalue weighted by molar-refractivity contribution is -0.131. The fraction of sp³-hybridized carbons (Fsp3) is 0.292. The highest BCUT2D eigenvalue weighted by Crippen LogP contribution is 2.25. The van der Waals surface area contributed by atoms with Crippen molar-refractivity contribution in [1.29, 1.82) is 0 Å². The number of urea groups is 1. The summed E-state index contributed by atoms with van der Waals surface area (Å²) in [6.45, 7) is 3.70. The van der Waals surface area contributed by atoms with Gasteiger partial charge in [-0.2, -0.15) is 15.0 Å². The Morgan fingerprint density at radius 2 is 1.76 bits per heavy atom. The molecule has 2 aromatic carbocycles. The molecule has 3 amide bonds. The lowest BCUT2D eigenvalue weighted by atomic mass is 9.93. The Kier molecular flexibility index (Phi) is 6.21. The van der Waals surface area contributed by atoms with Crippen molar-refractivity contribution in [2.24, 2.45) is 0 Å². The molecule has 0 saturated carbocycles. The van der Waals surface area contributed by atoms with Crippen molar-refractivity contribution in [2.45, 2.75) is 45.2 Å². The minimum atomic E-state index is -0.993. The number of nitrogens with two attached hydrogens (primary N) is 1. The SMILES string of the molecule is CCc1ccccc1Nc1nc(N)nc(CN2C(=O)NC(C)(CCc3ccccc3)C2=O)n1. The number of nitrogen functional groups attached to an aromatic ring is 1. The molecule has 0 bridgehead atoms. The predicted molar refractivity (Wildman–Crippen MR) is 126 cm³/mol. The number of para-hydroxylation sites is 1. The highest BCUT2D eigenvalue weighted by atomic mass is 16.2. The van der Waals surface area contributed by atoms with Crippen molar-refractivity contribution in [3.8, 4) is 0 Å². The second-order valence-corrected chi connectivity index (χ2v) is 8.21. The van der Waals surface area contributed by atoms with E-state index in [1.807, 2.05) is 54.6 Å². The third-order valence-corrected chi connectivity index (χ3v) is 5.74. The van der Waals surface area contributed by atoms with Gasteiger partial charge in [0.25, 0.3) is 5.91 Å². The number of rotatable bonds is 8. The van der Waals surface area contributed by atoms with E-state index in [1.165, 1.54) is 0 Å². The Labute approximate surface area is 192 Å². The van der Waals surface area contributed by atoms with E-state index in [-0.39, 0.29) is 30.2 Å². The van der Waals surface area contributed by atoms with Gasteiger partial charge in [-0.3, -0.25) is 9.69 Å². The second kappa shape index (κ2) is 9.23. The Morgan fingerprint density at radius 1 is 1.03 bits per heavy atom. The van der Waals surface area contributed by atoms with E-state index in [4.69, 9.17) is 5.73 Å². The summed E-state index contributed by atoms with van der Waals surface area (Å²) in [5, 5.41) is 5.98. The average molecular weight is 446 g/mol. The summed E-state index contributed by atoms with van der Waals surface area (Å²) in [4.78, 5) is 39.6. The topological polar surface area (TPSA) is 126 Å². The number of nitrogens with zero attached hydrogens (tertiary/aromatic N) is 4. The molecule has 1 unspecified atom stereocenters. The molecule has 1 aliphatic heterocycles. The molecule has 1 saturated heterocycles. The molecule has 2 heterocycles. The van der Waals surface area contributed by atoms with E-state index in [2.05, 4.69) is 32.5 Å². The molecule has 170 valence electrons. The Bertz CT molecular complexity index is 1170. The number of carbonyl (C=O) groups is 2. The quantitative estimate of drug-likeness (QED) is 0.455. The largest absolute Gasteiger partial charge is 0.368 e. The number of nitrogens with one attached hydrogen (secondary N) is 2. The zero-order valence-corrected chi connectivity index (χ0v) is 18.7. The molecule has 4 rings (SSSR count). The van der Waals surface area contributed by atoms with E-state index in [0.717, 1.165) is 28.1 Å². The number of amides is 3. The number of hydrogen-bond acceptors (Lipinski definition) is 7. The van der Waals surface area contributed by atoms with Crippen molar-refractivity contribution in [3.63, 3.8) is 0 Å². The second-order valence-electron chi connectivity index (χ2n) is 8.21. The first-order valence-corrected chi connectivity index (χ1v) is 10.9. The molecule has 1 aliphatic rings. The molecule has 9 nitrogen and oxygen atoms in total. The van der Waals surface area contributed by atoms with Gasteiger partial charge < -0.3 is 16.4 Å². The van der Waals surface area contributed by atoms with E-state index in [0.29, 0.717) is 12.8 Å². The minimum Gasteiger partial charge on any atom is -0.368 e. The summed E-state index contributed by atoms with van der Waals surface area (Å²) < 4.78 is 0. The van der Waals surface area contributed by atoms with E-state index >= 15 is 0 Å². The minimum absolute atomic E-state index is 0.00960. The monoisotopic (exact) mass is 445 g/mol. The molecular formula is C24H27N7O2. The number of imide groups is 1. The van der Waals surface area contributed by atoms with Crippen LogP contribution in [0.2, 0.25) is 0 Å². The maximum atomic E-state index is 13.1. The van der Waals surface area contributed by atoms with Gasteiger partial charge in [0.2, 0.25) is 11.9 Å². The summed E-state index contributed by atoms with van der Waals surface area (Å²) in [6, 6.07) is 17.2. The summed E-state index contributed by atoms with van der Waals surface area (Å²) in [7, 11) is 0. The Hall–Kier alpha value is -4.01. The third-order valence-electron chi connectivity index (χ3n) is 5.74. The van der Waals surface area contributed by atoms with Crippen molar-refractivity contribution in [2.75, 3.05) is 11.1 Å². The molecule has 3 aromatic rings. The fourth-order valence-corrected chi connectivity index (χ4v) is 3.88. The average Bonchev–Trinajstić information content (AvgIpc) is 3.02. The van der Waals surface area contributed by atoms with Crippen molar-refractivity contribution in [3.05, 3.63) is 71.5 Å². The molecule has 33 heavy (non-hydrogen) atoms. The van der Waals surface area contributed by atoms with Crippen LogP contribution in [0.5, 0.6) is 0 Å². The molecule has 0 aliphatic carbocycles. The first-order valence-electron chi connectivity index (χ1n) is 10.9. The van der Waals surface area contributed by atoms with Crippen LogP contribution in [0.1, 0.15) is 37.2 Å². The van der Waals surface area contributed by atoms with Gasteiger partial charge in [-0.25, -0.2) is 4.79 Å². The van der Waals surface area contributed by atoms with Gasteiger partial charge in [-0.1, -0.05) is 55.5 Å². The molecule has 1 atom stereocenters. The number of hydrogen-bond donors (Lipinski definition) is 3. The van der Waals surface area contributed by atoms with Gasteiger partial charge in [0.1, 0.15) is 5.54 Å². The Balaban J connectivity index is 1.49. The van der Waals surface area contributed by atoms with E-state index in [1.54, 1.807) is 6.92 Å². The summed E-state index contributed by atoms with van der Waals surface area (Å²) in [5.74, 6) is 0.190. The van der Waals surface area contributed by atoms with Crippen LogP contribution in [-0.4, -0.2) is 37.3 Å². The van der Waals surface area contributed by atoms with Crippen LogP contribution in [0.4, 0.5) is 22.4 Å². The van der Waals surface area contributed by atoms with Gasteiger partial charge in [0.05, 0.1) is 6.54 Å². The van der Waals surface area contributed by atoms with Crippen molar-refractivity contribution in [1.82, 2.24) is 25.2 Å². The van der Waals surface area contributed by atoms with Crippen LogP contribution in [0.3, 0.4) is 0 Å². The van der Waals surface area contributed by atoms with Gasteiger partial charge in [-0.15, -0.1) is 0 Å². The number of carbonyl (C=O) groups excluding carboxylic acids is 2. The zero-order valence-electron chi connectivity index (χ0n) is 18.7. The van der Waals surface area contributed by atoms with Crippen LogP contribution in [0, 0.1) is 0 Å². The number of benzene rings is 2. The molecule has 1 aromatic heterocycles. The van der Waals surface area contributed by atoms with Gasteiger partial charge in [0, 0.05) is 5.69 Å². The zero-order chi connectivity index (χ0) is 23.4. The summed E-state index contributed by atoms with van der Waals surface area (Å²) >= 11 is 0. The summed E-state index contributed by atoms with van der Waals surface area (Å²) in [5.41, 5.74) is 7.96. The third kappa shape index (κ3) is 4.92. The van der Waals surface area contributed by atoms with Crippen LogP contribution in [0.25, 0.3) is 0 Å². The molecule has 0 spiro atoms. The molecule has 1 fully saturated rings. The molecule has 4 N–H and O–H groups in total. The van der Waals surface area contributed by atoms with Crippen molar-refractivity contribution >= 4 is 29.5 Å². The van der Waals surface area contributed by atoms with Gasteiger partial charge >= 0.3 is 6.03 Å². The smallest absolute Gasteiger partial charge is 0.325 e. The lowest BCUT2D eigenvalue weighted by Gasteiger charge is -2.21. The van der Waals surface area contributed by atoms with Crippen molar-refractivity contribution < 1.29 is 9.59 Å². The lowest BCUT2D eigenvalue weighted by Crippen LogP contribution is -2.44. The highest BCUT2D eigenvalue weighted by molar-refractivity contribution is 6.06. The Morgan fingerprint density at radius 3 is 2.52 bits per heavy atom. The predicted octanol–water partition coefficient (Wildman–Crippen LogP) is 3.20. The first-order chi connectivity index (χ1) is 15.9. The molecule has 9 heteroatoms.